The summed E-state index contributed by atoms with van der Waals surface area (Å²) in [5, 5.41) is 5.61. The van der Waals surface area contributed by atoms with Crippen molar-refractivity contribution in [1.29, 1.82) is 0 Å². The van der Waals surface area contributed by atoms with Crippen LogP contribution in [0.1, 0.15) is 24.2 Å². The Balaban J connectivity index is 1.88. The van der Waals surface area contributed by atoms with Crippen LogP contribution in [-0.2, 0) is 6.42 Å². The molecule has 0 saturated heterocycles. The number of nitrogens with zero attached hydrogens (tertiary/aromatic N) is 2. The van der Waals surface area contributed by atoms with E-state index in [1.807, 2.05) is 0 Å². The summed E-state index contributed by atoms with van der Waals surface area (Å²) in [6.45, 7) is 3.06. The van der Waals surface area contributed by atoms with Crippen LogP contribution in [0.25, 0.3) is 4.96 Å². The standard InChI is InChI=1S/C15H15Br2N3S/c1-2-18-14(10-5-11(16)7-12(17)6-10)8-13-9-20-3-4-21-15(20)19-13/h3-7,9,14,18H,2,8H2,1H3. The quantitative estimate of drug-likeness (QED) is 0.631. The van der Waals surface area contributed by atoms with Gasteiger partial charge in [-0.25, -0.2) is 4.98 Å². The lowest BCUT2D eigenvalue weighted by Crippen LogP contribution is -2.23. The molecular formula is C15H15Br2N3S. The molecule has 1 aromatic carbocycles. The Morgan fingerprint density at radius 2 is 2.05 bits per heavy atom. The third-order valence-electron chi connectivity index (χ3n) is 3.29. The van der Waals surface area contributed by atoms with Crippen molar-refractivity contribution in [2.75, 3.05) is 6.54 Å². The SMILES string of the molecule is CCNC(Cc1cn2ccsc2n1)c1cc(Br)cc(Br)c1. The minimum absolute atomic E-state index is 0.258. The number of halogens is 2. The zero-order valence-electron chi connectivity index (χ0n) is 11.5. The molecule has 0 fully saturated rings. The van der Waals surface area contributed by atoms with E-state index in [1.54, 1.807) is 11.3 Å². The summed E-state index contributed by atoms with van der Waals surface area (Å²) >= 11 is 8.79. The number of thiazole rings is 1. The first-order valence-corrected chi connectivity index (χ1v) is 9.22. The summed E-state index contributed by atoms with van der Waals surface area (Å²) in [5.41, 5.74) is 2.37. The van der Waals surface area contributed by atoms with Gasteiger partial charge in [-0.3, -0.25) is 4.40 Å². The minimum Gasteiger partial charge on any atom is -0.310 e. The van der Waals surface area contributed by atoms with Crippen molar-refractivity contribution in [3.63, 3.8) is 0 Å². The number of rotatable bonds is 5. The number of hydrogen-bond donors (Lipinski definition) is 1. The second kappa shape index (κ2) is 6.60. The van der Waals surface area contributed by atoms with E-state index in [0.29, 0.717) is 0 Å². The molecule has 3 aromatic rings. The molecule has 0 saturated carbocycles. The summed E-state index contributed by atoms with van der Waals surface area (Å²) in [6, 6.07) is 6.64. The van der Waals surface area contributed by atoms with Crippen LogP contribution in [0, 0.1) is 0 Å². The first kappa shape index (κ1) is 15.2. The highest BCUT2D eigenvalue weighted by molar-refractivity contribution is 9.11. The molecule has 2 heterocycles. The monoisotopic (exact) mass is 427 g/mol. The van der Waals surface area contributed by atoms with Gasteiger partial charge in [0.2, 0.25) is 0 Å². The van der Waals surface area contributed by atoms with Crippen molar-refractivity contribution >= 4 is 48.2 Å². The number of imidazole rings is 1. The summed E-state index contributed by atoms with van der Waals surface area (Å²) in [7, 11) is 0. The van der Waals surface area contributed by atoms with Gasteiger partial charge in [0.05, 0.1) is 5.69 Å². The van der Waals surface area contributed by atoms with Crippen LogP contribution in [-0.4, -0.2) is 15.9 Å². The van der Waals surface area contributed by atoms with Gasteiger partial charge in [0.15, 0.2) is 4.96 Å². The third kappa shape index (κ3) is 3.56. The van der Waals surface area contributed by atoms with Crippen LogP contribution in [0.3, 0.4) is 0 Å². The molecule has 0 spiro atoms. The summed E-state index contributed by atoms with van der Waals surface area (Å²) in [5.74, 6) is 0. The molecular weight excluding hydrogens is 414 g/mol. The Kier molecular flexibility index (Phi) is 4.78. The Morgan fingerprint density at radius 3 is 2.71 bits per heavy atom. The first-order chi connectivity index (χ1) is 10.2. The van der Waals surface area contributed by atoms with Crippen molar-refractivity contribution in [1.82, 2.24) is 14.7 Å². The van der Waals surface area contributed by atoms with Crippen LogP contribution in [0.5, 0.6) is 0 Å². The highest BCUT2D eigenvalue weighted by Gasteiger charge is 2.15. The molecule has 1 unspecified atom stereocenters. The molecule has 0 aliphatic carbocycles. The number of benzene rings is 1. The van der Waals surface area contributed by atoms with E-state index < -0.39 is 0 Å². The fraction of sp³-hybridized carbons (Fsp3) is 0.267. The van der Waals surface area contributed by atoms with Gasteiger partial charge in [-0.2, -0.15) is 0 Å². The van der Waals surface area contributed by atoms with Crippen LogP contribution in [0.2, 0.25) is 0 Å². The van der Waals surface area contributed by atoms with Crippen molar-refractivity contribution in [2.45, 2.75) is 19.4 Å². The highest BCUT2D eigenvalue weighted by Crippen LogP contribution is 2.26. The Hall–Kier alpha value is -0.690. The lowest BCUT2D eigenvalue weighted by Gasteiger charge is -2.18. The van der Waals surface area contributed by atoms with Gasteiger partial charge in [0.25, 0.3) is 0 Å². The van der Waals surface area contributed by atoms with Crippen molar-refractivity contribution in [2.24, 2.45) is 0 Å². The zero-order valence-corrected chi connectivity index (χ0v) is 15.5. The molecule has 0 amide bonds. The molecule has 0 radical (unpaired) electrons. The fourth-order valence-electron chi connectivity index (χ4n) is 2.41. The van der Waals surface area contributed by atoms with Gasteiger partial charge in [-0.1, -0.05) is 38.8 Å². The number of likely N-dealkylation sites (N-methyl/N-ethyl adjacent to an activating group) is 1. The summed E-state index contributed by atoms with van der Waals surface area (Å²) < 4.78 is 4.25. The predicted octanol–water partition coefficient (Wildman–Crippen LogP) is 4.81. The van der Waals surface area contributed by atoms with Crippen LogP contribution >= 0.6 is 43.2 Å². The van der Waals surface area contributed by atoms with Gasteiger partial charge in [-0.05, 0) is 30.3 Å². The van der Waals surface area contributed by atoms with Crippen molar-refractivity contribution in [3.8, 4) is 0 Å². The Bertz CT molecular complexity index is 702. The smallest absolute Gasteiger partial charge is 0.193 e. The van der Waals surface area contributed by atoms with Crippen LogP contribution in [0.15, 0.2) is 44.9 Å². The van der Waals surface area contributed by atoms with Crippen molar-refractivity contribution in [3.05, 3.63) is 56.2 Å². The van der Waals surface area contributed by atoms with Crippen LogP contribution in [0.4, 0.5) is 0 Å². The highest BCUT2D eigenvalue weighted by atomic mass is 79.9. The zero-order chi connectivity index (χ0) is 14.8. The molecule has 1 N–H and O–H groups in total. The largest absolute Gasteiger partial charge is 0.310 e. The van der Waals surface area contributed by atoms with Crippen LogP contribution < -0.4 is 5.32 Å². The summed E-state index contributed by atoms with van der Waals surface area (Å²) in [6.07, 6.45) is 5.04. The number of hydrogen-bond acceptors (Lipinski definition) is 3. The molecule has 6 heteroatoms. The number of nitrogens with one attached hydrogen (secondary N) is 1. The lowest BCUT2D eigenvalue weighted by atomic mass is 10.0. The first-order valence-electron chi connectivity index (χ1n) is 6.76. The Morgan fingerprint density at radius 1 is 1.29 bits per heavy atom. The van der Waals surface area contributed by atoms with E-state index in [9.17, 15) is 0 Å². The maximum atomic E-state index is 4.68. The molecule has 3 rings (SSSR count). The van der Waals surface area contributed by atoms with Gasteiger partial charge >= 0.3 is 0 Å². The second-order valence-electron chi connectivity index (χ2n) is 4.84. The maximum absolute atomic E-state index is 4.68. The van der Waals surface area contributed by atoms with E-state index in [2.05, 4.69) is 89.5 Å². The van der Waals surface area contributed by atoms with Gasteiger partial charge in [-0.15, -0.1) is 11.3 Å². The molecule has 0 aliphatic rings. The minimum atomic E-state index is 0.258. The molecule has 21 heavy (non-hydrogen) atoms. The topological polar surface area (TPSA) is 29.3 Å². The van der Waals surface area contributed by atoms with E-state index in [1.165, 1.54) is 5.56 Å². The molecule has 3 nitrogen and oxygen atoms in total. The average molecular weight is 429 g/mol. The number of aromatic nitrogens is 2. The summed E-state index contributed by atoms with van der Waals surface area (Å²) in [4.78, 5) is 5.73. The average Bonchev–Trinajstić information content (AvgIpc) is 2.97. The molecule has 1 atom stereocenters. The molecule has 2 aromatic heterocycles. The Labute approximate surface area is 144 Å². The van der Waals surface area contributed by atoms with Gasteiger partial charge in [0.1, 0.15) is 0 Å². The lowest BCUT2D eigenvalue weighted by molar-refractivity contribution is 0.545. The molecule has 0 bridgehead atoms. The normalized spacial score (nSPS) is 12.9. The molecule has 110 valence electrons. The third-order valence-corrected chi connectivity index (χ3v) is 4.98. The maximum Gasteiger partial charge on any atom is 0.193 e. The van der Waals surface area contributed by atoms with Gasteiger partial charge < -0.3 is 5.32 Å². The van der Waals surface area contributed by atoms with E-state index in [0.717, 1.165) is 32.6 Å². The van der Waals surface area contributed by atoms with E-state index in [4.69, 9.17) is 0 Å². The molecule has 0 aliphatic heterocycles. The van der Waals surface area contributed by atoms with E-state index in [-0.39, 0.29) is 6.04 Å². The second-order valence-corrected chi connectivity index (χ2v) is 7.55. The predicted molar refractivity (Wildman–Crippen MR) is 95.0 cm³/mol. The fourth-order valence-corrected chi connectivity index (χ4v) is 4.46. The van der Waals surface area contributed by atoms with Gasteiger partial charge in [0, 0.05) is 39.2 Å². The van der Waals surface area contributed by atoms with E-state index >= 15 is 0 Å². The van der Waals surface area contributed by atoms with Crippen molar-refractivity contribution < 1.29 is 0 Å². The number of fused-ring (bicyclic) bond motifs is 1.